The van der Waals surface area contributed by atoms with Crippen LogP contribution in [-0.4, -0.2) is 60.5 Å². The van der Waals surface area contributed by atoms with Crippen molar-refractivity contribution in [2.24, 2.45) is 0 Å². The molecule has 1 N–H and O–H groups in total. The summed E-state index contributed by atoms with van der Waals surface area (Å²) >= 11 is 0. The topological polar surface area (TPSA) is 43.8 Å². The van der Waals surface area contributed by atoms with Gasteiger partial charge in [0.15, 0.2) is 5.78 Å². The molecule has 1 heterocycles. The highest BCUT2D eigenvalue weighted by Crippen LogP contribution is 2.24. The number of aromatic hydroxyl groups is 1. The third-order valence-electron chi connectivity index (χ3n) is 4.13. The Labute approximate surface area is 124 Å². The number of rotatable bonds is 3. The number of likely N-dealkylation sites (N-methyl/N-ethyl adjacent to an activating group) is 1. The Bertz CT molecular complexity index is 661. The van der Waals surface area contributed by atoms with Gasteiger partial charge in [0.1, 0.15) is 5.75 Å². The number of nitrogens with zero attached hydrogens (tertiary/aromatic N) is 2. The van der Waals surface area contributed by atoms with Crippen LogP contribution in [-0.2, 0) is 0 Å². The van der Waals surface area contributed by atoms with Crippen LogP contribution in [0.4, 0.5) is 0 Å². The number of carbonyl (C=O) groups excluding carboxylic acids is 1. The number of hydrogen-bond donors (Lipinski definition) is 1. The number of ketones is 1. The number of phenolic OH excluding ortho intramolecular Hbond substituents is 1. The van der Waals surface area contributed by atoms with Gasteiger partial charge in [-0.1, -0.05) is 24.3 Å². The number of fused-ring (bicyclic) bond motifs is 1. The molecule has 4 heteroatoms. The number of piperazine rings is 1. The van der Waals surface area contributed by atoms with E-state index in [-0.39, 0.29) is 11.5 Å². The Morgan fingerprint density at radius 3 is 2.67 bits per heavy atom. The van der Waals surface area contributed by atoms with Gasteiger partial charge in [0.2, 0.25) is 0 Å². The van der Waals surface area contributed by atoms with E-state index in [4.69, 9.17) is 0 Å². The standard InChI is InChI=1S/C17H20N2O2/c1-18-7-9-19(10-8-18)12-17(21)15-4-2-3-13-5-6-14(20)11-16(13)15/h2-6,11,20H,7-10,12H2,1H3. The van der Waals surface area contributed by atoms with Crippen molar-refractivity contribution in [2.75, 3.05) is 39.8 Å². The van der Waals surface area contributed by atoms with Crippen molar-refractivity contribution in [1.82, 2.24) is 9.80 Å². The largest absolute Gasteiger partial charge is 0.508 e. The summed E-state index contributed by atoms with van der Waals surface area (Å²) in [7, 11) is 2.10. The molecular weight excluding hydrogens is 264 g/mol. The first-order valence-corrected chi connectivity index (χ1v) is 7.29. The van der Waals surface area contributed by atoms with E-state index in [1.807, 2.05) is 24.3 Å². The van der Waals surface area contributed by atoms with Gasteiger partial charge in [0, 0.05) is 31.7 Å². The van der Waals surface area contributed by atoms with Gasteiger partial charge >= 0.3 is 0 Å². The molecule has 2 aromatic carbocycles. The summed E-state index contributed by atoms with van der Waals surface area (Å²) in [6.45, 7) is 4.31. The fourth-order valence-electron chi connectivity index (χ4n) is 2.80. The molecular formula is C17H20N2O2. The second-order valence-electron chi connectivity index (χ2n) is 5.71. The van der Waals surface area contributed by atoms with Crippen molar-refractivity contribution < 1.29 is 9.90 Å². The summed E-state index contributed by atoms with van der Waals surface area (Å²) in [5.41, 5.74) is 0.697. The number of Topliss-reactive ketones (excluding diaryl/α,β-unsaturated/α-hetero) is 1. The molecule has 4 nitrogen and oxygen atoms in total. The van der Waals surface area contributed by atoms with E-state index in [2.05, 4.69) is 16.8 Å². The van der Waals surface area contributed by atoms with E-state index in [0.29, 0.717) is 12.1 Å². The van der Waals surface area contributed by atoms with Crippen LogP contribution < -0.4 is 0 Å². The Morgan fingerprint density at radius 1 is 1.14 bits per heavy atom. The molecule has 2 aromatic rings. The number of hydrogen-bond acceptors (Lipinski definition) is 4. The van der Waals surface area contributed by atoms with E-state index < -0.39 is 0 Å². The molecule has 0 amide bonds. The zero-order valence-corrected chi connectivity index (χ0v) is 12.2. The molecule has 21 heavy (non-hydrogen) atoms. The number of carbonyl (C=O) groups is 1. The van der Waals surface area contributed by atoms with Crippen LogP contribution in [0.2, 0.25) is 0 Å². The summed E-state index contributed by atoms with van der Waals surface area (Å²) in [5.74, 6) is 0.318. The summed E-state index contributed by atoms with van der Waals surface area (Å²) in [5, 5.41) is 11.5. The molecule has 1 fully saturated rings. The number of phenols is 1. The maximum Gasteiger partial charge on any atom is 0.177 e. The second-order valence-corrected chi connectivity index (χ2v) is 5.71. The molecule has 0 aliphatic carbocycles. The lowest BCUT2D eigenvalue weighted by molar-refractivity contribution is 0.0878. The minimum absolute atomic E-state index is 0.121. The molecule has 0 spiro atoms. The van der Waals surface area contributed by atoms with Crippen LogP contribution in [0.1, 0.15) is 10.4 Å². The molecule has 1 aliphatic rings. The highest BCUT2D eigenvalue weighted by molar-refractivity contribution is 6.09. The molecule has 0 radical (unpaired) electrons. The van der Waals surface area contributed by atoms with Crippen molar-refractivity contribution in [2.45, 2.75) is 0 Å². The molecule has 0 bridgehead atoms. The first-order chi connectivity index (χ1) is 10.1. The first-order valence-electron chi connectivity index (χ1n) is 7.29. The summed E-state index contributed by atoms with van der Waals surface area (Å²) in [4.78, 5) is 17.1. The normalized spacial score (nSPS) is 17.2. The predicted octanol–water partition coefficient (Wildman–Crippen LogP) is 1.98. The molecule has 1 aliphatic heterocycles. The van der Waals surface area contributed by atoms with Crippen LogP contribution in [0.5, 0.6) is 5.75 Å². The Balaban J connectivity index is 1.83. The Kier molecular flexibility index (Phi) is 3.90. The Morgan fingerprint density at radius 2 is 1.90 bits per heavy atom. The SMILES string of the molecule is CN1CCN(CC(=O)c2cccc3ccc(O)cc23)CC1. The van der Waals surface area contributed by atoms with Gasteiger partial charge < -0.3 is 10.0 Å². The van der Waals surface area contributed by atoms with E-state index >= 15 is 0 Å². The van der Waals surface area contributed by atoms with Gasteiger partial charge in [-0.15, -0.1) is 0 Å². The summed E-state index contributed by atoms with van der Waals surface area (Å²) < 4.78 is 0. The highest BCUT2D eigenvalue weighted by atomic mass is 16.3. The van der Waals surface area contributed by atoms with Crippen LogP contribution in [0.25, 0.3) is 10.8 Å². The van der Waals surface area contributed by atoms with Gasteiger partial charge in [-0.3, -0.25) is 9.69 Å². The zero-order valence-electron chi connectivity index (χ0n) is 12.2. The molecule has 0 aromatic heterocycles. The molecule has 0 atom stereocenters. The smallest absolute Gasteiger partial charge is 0.177 e. The van der Waals surface area contributed by atoms with Crippen molar-refractivity contribution in [3.05, 3.63) is 42.0 Å². The van der Waals surface area contributed by atoms with Gasteiger partial charge in [-0.05, 0) is 30.0 Å². The third kappa shape index (κ3) is 3.06. The lowest BCUT2D eigenvalue weighted by Crippen LogP contribution is -2.46. The van der Waals surface area contributed by atoms with Gasteiger partial charge in [0.05, 0.1) is 6.54 Å². The molecule has 0 unspecified atom stereocenters. The fraction of sp³-hybridized carbons (Fsp3) is 0.353. The molecule has 3 rings (SSSR count). The van der Waals surface area contributed by atoms with Crippen molar-refractivity contribution in [3.63, 3.8) is 0 Å². The maximum atomic E-state index is 12.6. The summed E-state index contributed by atoms with van der Waals surface area (Å²) in [6.07, 6.45) is 0. The van der Waals surface area contributed by atoms with Crippen molar-refractivity contribution >= 4 is 16.6 Å². The van der Waals surface area contributed by atoms with E-state index in [1.54, 1.807) is 12.1 Å². The predicted molar refractivity (Wildman–Crippen MR) is 83.9 cm³/mol. The highest BCUT2D eigenvalue weighted by Gasteiger charge is 2.18. The van der Waals surface area contributed by atoms with Crippen molar-refractivity contribution in [3.8, 4) is 5.75 Å². The lowest BCUT2D eigenvalue weighted by Gasteiger charge is -2.31. The Hall–Kier alpha value is -1.91. The zero-order chi connectivity index (χ0) is 14.8. The summed E-state index contributed by atoms with van der Waals surface area (Å²) in [6, 6.07) is 10.9. The van der Waals surface area contributed by atoms with Gasteiger partial charge in [-0.25, -0.2) is 0 Å². The van der Waals surface area contributed by atoms with Crippen LogP contribution in [0.3, 0.4) is 0 Å². The first kappa shape index (κ1) is 14.0. The molecule has 110 valence electrons. The molecule has 1 saturated heterocycles. The lowest BCUT2D eigenvalue weighted by atomic mass is 10.0. The average Bonchev–Trinajstić information content (AvgIpc) is 2.49. The van der Waals surface area contributed by atoms with E-state index in [1.165, 1.54) is 0 Å². The van der Waals surface area contributed by atoms with E-state index in [0.717, 1.165) is 37.0 Å². The monoisotopic (exact) mass is 284 g/mol. The maximum absolute atomic E-state index is 12.6. The van der Waals surface area contributed by atoms with Crippen molar-refractivity contribution in [1.29, 1.82) is 0 Å². The average molecular weight is 284 g/mol. The van der Waals surface area contributed by atoms with Gasteiger partial charge in [0.25, 0.3) is 0 Å². The quantitative estimate of drug-likeness (QED) is 0.875. The van der Waals surface area contributed by atoms with Gasteiger partial charge in [-0.2, -0.15) is 0 Å². The minimum atomic E-state index is 0.121. The van der Waals surface area contributed by atoms with E-state index in [9.17, 15) is 9.90 Å². The number of benzene rings is 2. The second kappa shape index (κ2) is 5.84. The van der Waals surface area contributed by atoms with Crippen LogP contribution >= 0.6 is 0 Å². The third-order valence-corrected chi connectivity index (χ3v) is 4.13. The van der Waals surface area contributed by atoms with Crippen LogP contribution in [0.15, 0.2) is 36.4 Å². The fourth-order valence-corrected chi connectivity index (χ4v) is 2.80. The molecule has 0 saturated carbocycles. The minimum Gasteiger partial charge on any atom is -0.508 e. The van der Waals surface area contributed by atoms with Crippen LogP contribution in [0, 0.1) is 0 Å².